The van der Waals surface area contributed by atoms with Gasteiger partial charge >= 0.3 is 12.1 Å². The molecular weight excluding hydrogens is 486 g/mol. The normalized spacial score (nSPS) is 18.0. The number of hydrogen-bond acceptors (Lipinski definition) is 6. The van der Waals surface area contributed by atoms with Gasteiger partial charge in [-0.05, 0) is 63.6 Å². The number of hydrogen-bond donors (Lipinski definition) is 2. The molecule has 0 bridgehead atoms. The summed E-state index contributed by atoms with van der Waals surface area (Å²) in [6.07, 6.45) is 5.53. The maximum absolute atomic E-state index is 14.1. The molecule has 1 aliphatic carbocycles. The first kappa shape index (κ1) is 30.7. The maximum atomic E-state index is 14.1. The van der Waals surface area contributed by atoms with Gasteiger partial charge in [0.05, 0.1) is 13.0 Å². The zero-order chi connectivity index (χ0) is 28.6. The second kappa shape index (κ2) is 13.3. The molecule has 1 fully saturated rings. The first-order valence-corrected chi connectivity index (χ1v) is 13.1. The number of benzene rings is 1. The van der Waals surface area contributed by atoms with E-state index in [1.54, 1.807) is 56.9 Å². The number of terminal acetylenes is 1. The Balaban J connectivity index is 2.42. The fourth-order valence-electron chi connectivity index (χ4n) is 4.10. The van der Waals surface area contributed by atoms with E-state index in [1.165, 1.54) is 0 Å². The van der Waals surface area contributed by atoms with Gasteiger partial charge in [0.2, 0.25) is 11.8 Å². The molecule has 0 spiro atoms. The highest BCUT2D eigenvalue weighted by Crippen LogP contribution is 2.41. The smallest absolute Gasteiger partial charge is 0.408 e. The number of alkyl carbamates (subject to hydrolysis) is 1. The zero-order valence-electron chi connectivity index (χ0n) is 23.5. The summed E-state index contributed by atoms with van der Waals surface area (Å²) < 4.78 is 10.3. The molecule has 0 aromatic heterocycles. The molecule has 1 saturated carbocycles. The quantitative estimate of drug-likeness (QED) is 0.336. The molecular formula is C29H41N3O6. The van der Waals surface area contributed by atoms with Crippen LogP contribution in [0.25, 0.3) is 0 Å². The second-order valence-corrected chi connectivity index (χ2v) is 10.9. The average molecular weight is 528 g/mol. The minimum absolute atomic E-state index is 0.00489. The van der Waals surface area contributed by atoms with E-state index >= 15 is 0 Å². The fourth-order valence-corrected chi connectivity index (χ4v) is 4.10. The summed E-state index contributed by atoms with van der Waals surface area (Å²) in [6, 6.07) is 4.77. The Kier molecular flexibility index (Phi) is 10.7. The molecule has 9 heteroatoms. The van der Waals surface area contributed by atoms with Gasteiger partial charge in [-0.3, -0.25) is 14.4 Å². The van der Waals surface area contributed by atoms with Gasteiger partial charge in [0.25, 0.3) is 0 Å². The minimum atomic E-state index is -0.992. The van der Waals surface area contributed by atoms with E-state index in [9.17, 15) is 19.2 Å². The lowest BCUT2D eigenvalue weighted by molar-refractivity contribution is -0.145. The van der Waals surface area contributed by atoms with Crippen molar-refractivity contribution in [2.24, 2.45) is 11.8 Å². The number of amides is 3. The highest BCUT2D eigenvalue weighted by atomic mass is 16.6. The Labute approximate surface area is 226 Å². The topological polar surface area (TPSA) is 114 Å². The van der Waals surface area contributed by atoms with E-state index in [0.29, 0.717) is 11.1 Å². The Morgan fingerprint density at radius 2 is 1.76 bits per heavy atom. The van der Waals surface area contributed by atoms with Crippen LogP contribution in [0, 0.1) is 24.2 Å². The van der Waals surface area contributed by atoms with E-state index in [4.69, 9.17) is 15.9 Å². The van der Waals surface area contributed by atoms with E-state index in [2.05, 4.69) is 16.6 Å². The van der Waals surface area contributed by atoms with E-state index in [0.717, 1.165) is 6.42 Å². The molecule has 3 amide bonds. The van der Waals surface area contributed by atoms with Gasteiger partial charge in [-0.2, -0.15) is 0 Å². The summed E-state index contributed by atoms with van der Waals surface area (Å²) in [6.45, 7) is 12.9. The summed E-state index contributed by atoms with van der Waals surface area (Å²) in [7, 11) is 0. The van der Waals surface area contributed by atoms with Crippen molar-refractivity contribution >= 4 is 23.9 Å². The van der Waals surface area contributed by atoms with Crippen molar-refractivity contribution in [3.05, 3.63) is 35.4 Å². The number of carbonyl (C=O) groups excluding carboxylic acids is 4. The first-order chi connectivity index (χ1) is 17.8. The summed E-state index contributed by atoms with van der Waals surface area (Å²) in [4.78, 5) is 53.7. The molecule has 0 heterocycles. The number of rotatable bonds is 11. The van der Waals surface area contributed by atoms with Gasteiger partial charge in [0, 0.05) is 18.2 Å². The first-order valence-electron chi connectivity index (χ1n) is 13.1. The molecule has 9 nitrogen and oxygen atoms in total. The predicted molar refractivity (Wildman–Crippen MR) is 144 cm³/mol. The Hall–Kier alpha value is -3.54. The third kappa shape index (κ3) is 8.79. The lowest BCUT2D eigenvalue weighted by atomic mass is 9.97. The van der Waals surface area contributed by atoms with Crippen molar-refractivity contribution in [2.45, 2.75) is 85.0 Å². The van der Waals surface area contributed by atoms with Gasteiger partial charge in [-0.1, -0.05) is 38.8 Å². The van der Waals surface area contributed by atoms with Crippen LogP contribution >= 0.6 is 0 Å². The van der Waals surface area contributed by atoms with E-state index in [1.807, 2.05) is 20.8 Å². The largest absolute Gasteiger partial charge is 0.466 e. The number of ether oxygens (including phenoxy) is 2. The molecule has 0 aliphatic heterocycles. The predicted octanol–water partition coefficient (Wildman–Crippen LogP) is 3.56. The molecule has 1 aromatic carbocycles. The van der Waals surface area contributed by atoms with Crippen LogP contribution in [0.5, 0.6) is 0 Å². The lowest BCUT2D eigenvalue weighted by Gasteiger charge is -2.36. The van der Waals surface area contributed by atoms with Crippen LogP contribution in [0.3, 0.4) is 0 Å². The molecule has 4 unspecified atom stereocenters. The summed E-state index contributed by atoms with van der Waals surface area (Å²) in [5, 5.41) is 5.50. The molecule has 2 N–H and O–H groups in total. The third-order valence-electron chi connectivity index (χ3n) is 6.14. The Morgan fingerprint density at radius 1 is 1.16 bits per heavy atom. The number of nitrogens with one attached hydrogen (secondary N) is 2. The molecule has 2 rings (SSSR count). The molecule has 0 saturated heterocycles. The standard InChI is InChI=1S/C29H41N3O6/c1-9-20-11-13-21(14-12-20)25(26(34)30-16-15-23(33)37-10-2)32(22-17-19(22)5)27(35)24(18(3)4)31-28(36)38-29(6,7)8/h1,11-14,18-19,22,24-25H,10,15-17H2,2-8H3,(H,30,34)(H,31,36). The second-order valence-electron chi connectivity index (χ2n) is 10.9. The maximum Gasteiger partial charge on any atom is 0.408 e. The molecule has 1 aromatic rings. The van der Waals surface area contributed by atoms with Crippen LogP contribution in [0.1, 0.15) is 78.5 Å². The van der Waals surface area contributed by atoms with Crippen LogP contribution in [-0.2, 0) is 23.9 Å². The number of nitrogens with zero attached hydrogens (tertiary/aromatic N) is 1. The summed E-state index contributed by atoms with van der Waals surface area (Å²) >= 11 is 0. The SMILES string of the molecule is C#Cc1ccc(C(C(=O)NCCC(=O)OCC)N(C(=O)C(NC(=O)OC(C)(C)C)C(C)C)C2CC2C)cc1. The van der Waals surface area contributed by atoms with Crippen LogP contribution in [0.2, 0.25) is 0 Å². The van der Waals surface area contributed by atoms with Gasteiger partial charge < -0.3 is 25.0 Å². The molecule has 0 radical (unpaired) electrons. The van der Waals surface area contributed by atoms with Crippen LogP contribution in [0.4, 0.5) is 4.79 Å². The Bertz CT molecular complexity index is 1040. The van der Waals surface area contributed by atoms with Gasteiger partial charge in [-0.15, -0.1) is 6.42 Å². The number of esters is 1. The Morgan fingerprint density at radius 3 is 2.24 bits per heavy atom. The molecule has 4 atom stereocenters. The van der Waals surface area contributed by atoms with Crippen molar-refractivity contribution in [1.82, 2.24) is 15.5 Å². The van der Waals surface area contributed by atoms with Crippen LogP contribution < -0.4 is 10.6 Å². The zero-order valence-corrected chi connectivity index (χ0v) is 23.5. The van der Waals surface area contributed by atoms with Crippen molar-refractivity contribution in [3.8, 4) is 12.3 Å². The number of carbonyl (C=O) groups is 4. The van der Waals surface area contributed by atoms with Gasteiger partial charge in [0.1, 0.15) is 17.7 Å². The molecule has 38 heavy (non-hydrogen) atoms. The molecule has 1 aliphatic rings. The van der Waals surface area contributed by atoms with E-state index in [-0.39, 0.29) is 43.4 Å². The van der Waals surface area contributed by atoms with E-state index < -0.39 is 35.7 Å². The monoisotopic (exact) mass is 527 g/mol. The average Bonchev–Trinajstić information content (AvgIpc) is 3.55. The van der Waals surface area contributed by atoms with Gasteiger partial charge in [-0.25, -0.2) is 4.79 Å². The minimum Gasteiger partial charge on any atom is -0.466 e. The lowest BCUT2D eigenvalue weighted by Crippen LogP contribution is -2.55. The molecule has 208 valence electrons. The fraction of sp³-hybridized carbons (Fsp3) is 0.586. The van der Waals surface area contributed by atoms with Gasteiger partial charge in [0.15, 0.2) is 0 Å². The highest BCUT2D eigenvalue weighted by Gasteiger charge is 2.48. The van der Waals surface area contributed by atoms with Crippen LogP contribution in [0.15, 0.2) is 24.3 Å². The summed E-state index contributed by atoms with van der Waals surface area (Å²) in [5.74, 6) is 1.21. The highest BCUT2D eigenvalue weighted by molar-refractivity contribution is 5.93. The van der Waals surface area contributed by atoms with Crippen molar-refractivity contribution < 1.29 is 28.7 Å². The van der Waals surface area contributed by atoms with Crippen LogP contribution in [-0.4, -0.2) is 59.6 Å². The third-order valence-corrected chi connectivity index (χ3v) is 6.14. The van der Waals surface area contributed by atoms with Crippen molar-refractivity contribution in [2.75, 3.05) is 13.2 Å². The van der Waals surface area contributed by atoms with Crippen molar-refractivity contribution in [1.29, 1.82) is 0 Å². The van der Waals surface area contributed by atoms with Crippen molar-refractivity contribution in [3.63, 3.8) is 0 Å². The summed E-state index contributed by atoms with van der Waals surface area (Å²) in [5.41, 5.74) is 0.476.